The average molecular weight is 271 g/mol. The van der Waals surface area contributed by atoms with E-state index in [1.807, 2.05) is 6.92 Å². The van der Waals surface area contributed by atoms with E-state index >= 15 is 0 Å². The van der Waals surface area contributed by atoms with Crippen LogP contribution in [0.1, 0.15) is 53.9 Å². The lowest BCUT2D eigenvalue weighted by atomic mass is 9.85. The number of amides is 1. The molecule has 0 aromatic carbocycles. The summed E-state index contributed by atoms with van der Waals surface area (Å²) in [5.74, 6) is -0.215. The minimum Gasteiger partial charge on any atom is -0.481 e. The molecule has 1 rings (SSSR count). The van der Waals surface area contributed by atoms with Gasteiger partial charge in [0, 0.05) is 0 Å². The molecule has 0 aromatic heterocycles. The van der Waals surface area contributed by atoms with Gasteiger partial charge in [0.1, 0.15) is 5.60 Å². The van der Waals surface area contributed by atoms with Gasteiger partial charge in [0.05, 0.1) is 12.0 Å². The maximum absolute atomic E-state index is 11.9. The van der Waals surface area contributed by atoms with E-state index in [9.17, 15) is 9.59 Å². The zero-order valence-electron chi connectivity index (χ0n) is 12.4. The Hall–Kier alpha value is -1.26. The maximum atomic E-state index is 11.9. The number of hydrogen-bond donors (Lipinski definition) is 2. The van der Waals surface area contributed by atoms with Gasteiger partial charge in [-0.25, -0.2) is 4.79 Å². The molecule has 0 bridgehead atoms. The first kappa shape index (κ1) is 15.8. The molecule has 0 radical (unpaired) electrons. The van der Waals surface area contributed by atoms with Crippen LogP contribution in [-0.4, -0.2) is 28.3 Å². The first-order chi connectivity index (χ1) is 8.59. The van der Waals surface area contributed by atoms with Crippen LogP contribution in [0.25, 0.3) is 0 Å². The van der Waals surface area contributed by atoms with E-state index in [0.717, 1.165) is 6.42 Å². The summed E-state index contributed by atoms with van der Waals surface area (Å²) in [4.78, 5) is 23.0. The molecule has 3 atom stereocenters. The van der Waals surface area contributed by atoms with Crippen molar-refractivity contribution in [3.05, 3.63) is 0 Å². The van der Waals surface area contributed by atoms with E-state index in [1.54, 1.807) is 20.8 Å². The van der Waals surface area contributed by atoms with Crippen molar-refractivity contribution in [1.82, 2.24) is 5.32 Å². The molecular weight excluding hydrogens is 246 g/mol. The highest BCUT2D eigenvalue weighted by Crippen LogP contribution is 2.49. The summed E-state index contributed by atoms with van der Waals surface area (Å²) in [5.41, 5.74) is -1.27. The second kappa shape index (κ2) is 5.39. The number of ether oxygens (including phenoxy) is 1. The van der Waals surface area contributed by atoms with Gasteiger partial charge in [-0.05, 0) is 45.4 Å². The van der Waals surface area contributed by atoms with E-state index in [-0.39, 0.29) is 12.3 Å². The van der Waals surface area contributed by atoms with Gasteiger partial charge >= 0.3 is 12.1 Å². The number of nitrogens with one attached hydrogen (secondary N) is 1. The summed E-state index contributed by atoms with van der Waals surface area (Å²) in [6.45, 7) is 9.35. The second-order valence-electron chi connectivity index (χ2n) is 6.53. The van der Waals surface area contributed by atoms with E-state index in [1.165, 1.54) is 0 Å². The van der Waals surface area contributed by atoms with Gasteiger partial charge in [-0.15, -0.1) is 0 Å². The van der Waals surface area contributed by atoms with Crippen molar-refractivity contribution >= 4 is 12.1 Å². The highest BCUT2D eigenvalue weighted by atomic mass is 16.6. The second-order valence-corrected chi connectivity index (χ2v) is 6.53. The van der Waals surface area contributed by atoms with Crippen LogP contribution < -0.4 is 5.32 Å². The SMILES string of the molecule is CCC(CC(=O)O)(NC(=O)OC(C)(C)C)C1CC1C. The number of rotatable bonds is 5. The van der Waals surface area contributed by atoms with Crippen LogP contribution in [-0.2, 0) is 9.53 Å². The molecule has 0 spiro atoms. The molecule has 110 valence electrons. The Morgan fingerprint density at radius 2 is 1.89 bits per heavy atom. The molecule has 1 aliphatic rings. The number of carboxylic acids is 1. The zero-order chi connectivity index (χ0) is 14.8. The van der Waals surface area contributed by atoms with Crippen LogP contribution in [0.2, 0.25) is 0 Å². The van der Waals surface area contributed by atoms with Crippen molar-refractivity contribution in [2.75, 3.05) is 0 Å². The number of carbonyl (C=O) groups is 2. The summed E-state index contributed by atoms with van der Waals surface area (Å²) < 4.78 is 5.25. The van der Waals surface area contributed by atoms with Gasteiger partial charge in [0.15, 0.2) is 0 Å². The smallest absolute Gasteiger partial charge is 0.408 e. The molecule has 5 nitrogen and oxygen atoms in total. The molecule has 0 aromatic rings. The molecule has 3 unspecified atom stereocenters. The number of carbonyl (C=O) groups excluding carboxylic acids is 1. The molecule has 1 fully saturated rings. The number of alkyl carbamates (subject to hydrolysis) is 1. The Balaban J connectivity index is 2.79. The predicted molar refractivity (Wildman–Crippen MR) is 71.9 cm³/mol. The Kier molecular flexibility index (Phi) is 4.48. The third-order valence-corrected chi connectivity index (χ3v) is 3.67. The summed E-state index contributed by atoms with van der Waals surface area (Å²) in [6, 6.07) is 0. The minimum absolute atomic E-state index is 0.0578. The predicted octanol–water partition coefficient (Wildman–Crippen LogP) is 2.79. The van der Waals surface area contributed by atoms with Crippen LogP contribution in [0, 0.1) is 11.8 Å². The van der Waals surface area contributed by atoms with Crippen molar-refractivity contribution in [2.24, 2.45) is 11.8 Å². The fourth-order valence-corrected chi connectivity index (χ4v) is 2.61. The molecule has 5 heteroatoms. The van der Waals surface area contributed by atoms with Crippen LogP contribution in [0.15, 0.2) is 0 Å². The zero-order valence-corrected chi connectivity index (χ0v) is 12.4. The van der Waals surface area contributed by atoms with E-state index in [2.05, 4.69) is 12.2 Å². The third kappa shape index (κ3) is 4.40. The molecular formula is C14H25NO4. The van der Waals surface area contributed by atoms with Gasteiger partial charge in [-0.3, -0.25) is 4.79 Å². The van der Waals surface area contributed by atoms with Gasteiger partial charge < -0.3 is 15.2 Å². The van der Waals surface area contributed by atoms with Crippen molar-refractivity contribution in [2.45, 2.75) is 65.0 Å². The van der Waals surface area contributed by atoms with Crippen LogP contribution in [0.3, 0.4) is 0 Å². The third-order valence-electron chi connectivity index (χ3n) is 3.67. The Bertz CT molecular complexity index is 361. The highest BCUT2D eigenvalue weighted by molar-refractivity contribution is 5.73. The number of hydrogen-bond acceptors (Lipinski definition) is 3. The minimum atomic E-state index is -0.892. The molecule has 0 saturated heterocycles. The van der Waals surface area contributed by atoms with Crippen LogP contribution >= 0.6 is 0 Å². The summed E-state index contributed by atoms with van der Waals surface area (Å²) >= 11 is 0. The van der Waals surface area contributed by atoms with Crippen LogP contribution in [0.5, 0.6) is 0 Å². The Morgan fingerprint density at radius 1 is 1.37 bits per heavy atom. The van der Waals surface area contributed by atoms with Crippen molar-refractivity contribution in [3.63, 3.8) is 0 Å². The largest absolute Gasteiger partial charge is 0.481 e. The lowest BCUT2D eigenvalue weighted by Gasteiger charge is -2.34. The topological polar surface area (TPSA) is 75.6 Å². The monoisotopic (exact) mass is 271 g/mol. The van der Waals surface area contributed by atoms with Gasteiger partial charge in [-0.1, -0.05) is 13.8 Å². The standard InChI is InChI=1S/C14H25NO4/c1-6-14(8-11(16)17,10-7-9(10)2)15-12(18)19-13(3,4)5/h9-10H,6-8H2,1-5H3,(H,15,18)(H,16,17). The van der Waals surface area contributed by atoms with E-state index in [4.69, 9.17) is 9.84 Å². The summed E-state index contributed by atoms with van der Waals surface area (Å²) in [6.07, 6.45) is 0.956. The van der Waals surface area contributed by atoms with Crippen molar-refractivity contribution < 1.29 is 19.4 Å². The van der Waals surface area contributed by atoms with Gasteiger partial charge in [0.25, 0.3) is 0 Å². The van der Waals surface area contributed by atoms with Crippen molar-refractivity contribution in [3.8, 4) is 0 Å². The average Bonchev–Trinajstić information content (AvgIpc) is 2.91. The normalized spacial score (nSPS) is 25.3. The van der Waals surface area contributed by atoms with Crippen LogP contribution in [0.4, 0.5) is 4.79 Å². The quantitative estimate of drug-likeness (QED) is 0.806. The molecule has 2 N–H and O–H groups in total. The summed E-state index contributed by atoms with van der Waals surface area (Å²) in [5, 5.41) is 11.9. The molecule has 1 saturated carbocycles. The molecule has 0 aliphatic heterocycles. The van der Waals surface area contributed by atoms with Gasteiger partial charge in [-0.2, -0.15) is 0 Å². The van der Waals surface area contributed by atoms with Crippen molar-refractivity contribution in [1.29, 1.82) is 0 Å². The van der Waals surface area contributed by atoms with E-state index in [0.29, 0.717) is 12.3 Å². The van der Waals surface area contributed by atoms with E-state index < -0.39 is 23.2 Å². The maximum Gasteiger partial charge on any atom is 0.408 e. The lowest BCUT2D eigenvalue weighted by molar-refractivity contribution is -0.139. The Labute approximate surface area is 114 Å². The molecule has 19 heavy (non-hydrogen) atoms. The fourth-order valence-electron chi connectivity index (χ4n) is 2.61. The summed E-state index contributed by atoms with van der Waals surface area (Å²) in [7, 11) is 0. The first-order valence-corrected chi connectivity index (χ1v) is 6.82. The highest BCUT2D eigenvalue weighted by Gasteiger charge is 2.51. The fraction of sp³-hybridized carbons (Fsp3) is 0.857. The molecule has 1 amide bonds. The number of carboxylic acid groups (broad SMARTS) is 1. The first-order valence-electron chi connectivity index (χ1n) is 6.82. The Morgan fingerprint density at radius 3 is 2.21 bits per heavy atom. The number of aliphatic carboxylic acids is 1. The lowest BCUT2D eigenvalue weighted by Crippen LogP contribution is -2.53. The molecule has 0 heterocycles. The molecule has 1 aliphatic carbocycles. The van der Waals surface area contributed by atoms with Gasteiger partial charge in [0.2, 0.25) is 0 Å².